The standard InChI is InChI=1S/C29H48O/c1-7-21(19(2)3)9-8-20(4)25-12-13-26-24-11-10-22-18-23(30)14-16-28(22,5)27(24)15-17-29(25,26)6/h10,20-21,23-27,30H,2,7-9,11-18H2,1,3-6H3/t20-,21-,23+,24?,25?,26?,27?,28+,29-/m1/s1. The van der Waals surface area contributed by atoms with Gasteiger partial charge >= 0.3 is 0 Å². The molecule has 0 radical (unpaired) electrons. The van der Waals surface area contributed by atoms with Gasteiger partial charge in [-0.15, -0.1) is 0 Å². The van der Waals surface area contributed by atoms with Crippen LogP contribution in [0.5, 0.6) is 0 Å². The van der Waals surface area contributed by atoms with Crippen molar-refractivity contribution in [2.24, 2.45) is 46.3 Å². The predicted molar refractivity (Wildman–Crippen MR) is 128 cm³/mol. The average Bonchev–Trinajstić information content (AvgIpc) is 3.06. The van der Waals surface area contributed by atoms with Crippen LogP contribution in [0.4, 0.5) is 0 Å². The number of rotatable bonds is 6. The molecule has 170 valence electrons. The zero-order valence-corrected chi connectivity index (χ0v) is 20.6. The van der Waals surface area contributed by atoms with Crippen molar-refractivity contribution in [2.75, 3.05) is 0 Å². The number of aliphatic hydroxyl groups is 1. The molecule has 0 amide bonds. The van der Waals surface area contributed by atoms with E-state index in [2.05, 4.69) is 47.3 Å². The highest BCUT2D eigenvalue weighted by Crippen LogP contribution is 2.67. The molecule has 0 aliphatic heterocycles. The van der Waals surface area contributed by atoms with E-state index >= 15 is 0 Å². The van der Waals surface area contributed by atoms with Gasteiger partial charge in [-0.1, -0.05) is 51.5 Å². The Bertz CT molecular complexity index is 676. The minimum absolute atomic E-state index is 0.0856. The monoisotopic (exact) mass is 412 g/mol. The fourth-order valence-electron chi connectivity index (χ4n) is 9.08. The van der Waals surface area contributed by atoms with Crippen LogP contribution in [0, 0.1) is 46.3 Å². The molecular formula is C29H48O. The number of hydrogen-bond donors (Lipinski definition) is 1. The van der Waals surface area contributed by atoms with Crippen molar-refractivity contribution in [2.45, 2.75) is 111 Å². The van der Waals surface area contributed by atoms with E-state index in [9.17, 15) is 5.11 Å². The maximum Gasteiger partial charge on any atom is 0.0577 e. The summed E-state index contributed by atoms with van der Waals surface area (Å²) in [5.74, 6) is 5.16. The minimum atomic E-state index is -0.0856. The Hall–Kier alpha value is -0.560. The molecule has 0 bridgehead atoms. The van der Waals surface area contributed by atoms with Gasteiger partial charge < -0.3 is 5.11 Å². The Morgan fingerprint density at radius 3 is 2.60 bits per heavy atom. The molecule has 3 saturated carbocycles. The molecule has 4 rings (SSSR count). The highest BCUT2D eigenvalue weighted by atomic mass is 16.3. The van der Waals surface area contributed by atoms with E-state index in [4.69, 9.17) is 0 Å². The molecule has 0 saturated heterocycles. The second-order valence-corrected chi connectivity index (χ2v) is 12.4. The first-order valence-corrected chi connectivity index (χ1v) is 13.2. The third-order valence-electron chi connectivity index (χ3n) is 11.0. The Labute approximate surface area is 186 Å². The normalized spacial score (nSPS) is 45.0. The van der Waals surface area contributed by atoms with Gasteiger partial charge in [-0.25, -0.2) is 0 Å². The molecule has 3 fully saturated rings. The summed E-state index contributed by atoms with van der Waals surface area (Å²) >= 11 is 0. The molecular weight excluding hydrogens is 364 g/mol. The van der Waals surface area contributed by atoms with E-state index in [1.165, 1.54) is 63.4 Å². The quantitative estimate of drug-likeness (QED) is 0.439. The Morgan fingerprint density at radius 2 is 1.90 bits per heavy atom. The molecule has 0 heterocycles. The second-order valence-electron chi connectivity index (χ2n) is 12.4. The number of hydrogen-bond acceptors (Lipinski definition) is 1. The van der Waals surface area contributed by atoms with Gasteiger partial charge in [0.1, 0.15) is 0 Å². The largest absolute Gasteiger partial charge is 0.393 e. The molecule has 4 aliphatic carbocycles. The number of allylic oxidation sites excluding steroid dienone is 2. The van der Waals surface area contributed by atoms with Crippen molar-refractivity contribution in [3.63, 3.8) is 0 Å². The van der Waals surface area contributed by atoms with Crippen molar-refractivity contribution in [1.29, 1.82) is 0 Å². The van der Waals surface area contributed by atoms with Crippen molar-refractivity contribution >= 4 is 0 Å². The smallest absolute Gasteiger partial charge is 0.0577 e. The molecule has 4 unspecified atom stereocenters. The zero-order chi connectivity index (χ0) is 21.7. The lowest BCUT2D eigenvalue weighted by Gasteiger charge is -2.58. The van der Waals surface area contributed by atoms with Gasteiger partial charge in [0.25, 0.3) is 0 Å². The lowest BCUT2D eigenvalue weighted by Crippen LogP contribution is -2.50. The van der Waals surface area contributed by atoms with Crippen LogP contribution < -0.4 is 0 Å². The Kier molecular flexibility index (Phi) is 6.35. The van der Waals surface area contributed by atoms with Crippen molar-refractivity contribution in [3.05, 3.63) is 23.8 Å². The van der Waals surface area contributed by atoms with Crippen molar-refractivity contribution in [3.8, 4) is 0 Å². The fourth-order valence-corrected chi connectivity index (χ4v) is 9.08. The number of aliphatic hydroxyl groups excluding tert-OH is 1. The summed E-state index contributed by atoms with van der Waals surface area (Å²) in [7, 11) is 0. The minimum Gasteiger partial charge on any atom is -0.393 e. The van der Waals surface area contributed by atoms with Crippen LogP contribution >= 0.6 is 0 Å². The van der Waals surface area contributed by atoms with Gasteiger partial charge in [-0.3, -0.25) is 0 Å². The van der Waals surface area contributed by atoms with E-state index in [0.717, 1.165) is 48.3 Å². The highest BCUT2D eigenvalue weighted by molar-refractivity contribution is 5.25. The maximum absolute atomic E-state index is 10.2. The first kappa shape index (κ1) is 22.6. The van der Waals surface area contributed by atoms with Crippen LogP contribution in [0.3, 0.4) is 0 Å². The molecule has 0 aromatic rings. The SMILES string of the molecule is C=C(C)[C@H](CC)CC[C@@H](C)C1CCC2C3CC=C4C[C@@H](O)CC[C@]4(C)C3CC[C@@]21C. The highest BCUT2D eigenvalue weighted by Gasteiger charge is 2.59. The van der Waals surface area contributed by atoms with Gasteiger partial charge in [-0.2, -0.15) is 0 Å². The molecule has 30 heavy (non-hydrogen) atoms. The lowest BCUT2D eigenvalue weighted by molar-refractivity contribution is -0.0574. The van der Waals surface area contributed by atoms with Crippen LogP contribution in [0.2, 0.25) is 0 Å². The van der Waals surface area contributed by atoms with E-state index in [1.807, 2.05) is 0 Å². The molecule has 0 spiro atoms. The predicted octanol–water partition coefficient (Wildman–Crippen LogP) is 7.94. The molecule has 1 nitrogen and oxygen atoms in total. The van der Waals surface area contributed by atoms with Crippen LogP contribution in [-0.4, -0.2) is 11.2 Å². The van der Waals surface area contributed by atoms with Crippen LogP contribution in [0.1, 0.15) is 105 Å². The summed E-state index contributed by atoms with van der Waals surface area (Å²) in [6, 6.07) is 0. The van der Waals surface area contributed by atoms with E-state index < -0.39 is 0 Å². The topological polar surface area (TPSA) is 20.2 Å². The maximum atomic E-state index is 10.2. The molecule has 0 aromatic carbocycles. The van der Waals surface area contributed by atoms with Crippen molar-refractivity contribution in [1.82, 2.24) is 0 Å². The molecule has 0 aromatic heterocycles. The third-order valence-corrected chi connectivity index (χ3v) is 11.0. The summed E-state index contributed by atoms with van der Waals surface area (Å²) in [6.45, 7) is 16.6. The van der Waals surface area contributed by atoms with Gasteiger partial charge in [0.2, 0.25) is 0 Å². The molecule has 9 atom stereocenters. The van der Waals surface area contributed by atoms with E-state index in [1.54, 1.807) is 5.57 Å². The van der Waals surface area contributed by atoms with E-state index in [0.29, 0.717) is 10.8 Å². The first-order valence-electron chi connectivity index (χ1n) is 13.2. The second kappa shape index (κ2) is 8.42. The average molecular weight is 413 g/mol. The summed E-state index contributed by atoms with van der Waals surface area (Å²) in [6.07, 6.45) is 16.7. The first-order chi connectivity index (χ1) is 14.2. The van der Waals surface area contributed by atoms with Gasteiger partial charge in [0, 0.05) is 0 Å². The Balaban J connectivity index is 1.48. The lowest BCUT2D eigenvalue weighted by atomic mass is 9.47. The third kappa shape index (κ3) is 3.66. The van der Waals surface area contributed by atoms with Crippen molar-refractivity contribution < 1.29 is 5.11 Å². The zero-order valence-electron chi connectivity index (χ0n) is 20.6. The molecule has 4 aliphatic rings. The van der Waals surface area contributed by atoms with Gasteiger partial charge in [0.05, 0.1) is 6.10 Å². The molecule has 1 heteroatoms. The van der Waals surface area contributed by atoms with E-state index in [-0.39, 0.29) is 6.10 Å². The Morgan fingerprint density at radius 1 is 1.13 bits per heavy atom. The van der Waals surface area contributed by atoms with Gasteiger partial charge in [-0.05, 0) is 124 Å². The molecule has 1 N–H and O–H groups in total. The summed E-state index contributed by atoms with van der Waals surface area (Å²) in [4.78, 5) is 0. The fraction of sp³-hybridized carbons (Fsp3) is 0.862. The van der Waals surface area contributed by atoms with Gasteiger partial charge in [0.15, 0.2) is 0 Å². The van der Waals surface area contributed by atoms with Crippen LogP contribution in [0.15, 0.2) is 23.8 Å². The summed E-state index contributed by atoms with van der Waals surface area (Å²) in [5, 5.41) is 10.2. The van der Waals surface area contributed by atoms with Crippen LogP contribution in [-0.2, 0) is 0 Å². The van der Waals surface area contributed by atoms with Crippen LogP contribution in [0.25, 0.3) is 0 Å². The summed E-state index contributed by atoms with van der Waals surface area (Å²) in [5.41, 5.74) is 3.93. The summed E-state index contributed by atoms with van der Waals surface area (Å²) < 4.78 is 0. The number of fused-ring (bicyclic) bond motifs is 5.